The Morgan fingerprint density at radius 2 is 2.00 bits per heavy atom. The summed E-state index contributed by atoms with van der Waals surface area (Å²) in [5.74, 6) is -3.94. The van der Waals surface area contributed by atoms with E-state index < -0.39 is 41.7 Å². The van der Waals surface area contributed by atoms with E-state index in [0.717, 1.165) is 23.6 Å². The van der Waals surface area contributed by atoms with Crippen molar-refractivity contribution in [1.82, 2.24) is 0 Å². The molecule has 0 aliphatic carbocycles. The lowest BCUT2D eigenvalue weighted by atomic mass is 10.1. The van der Waals surface area contributed by atoms with Crippen LogP contribution in [0.2, 0.25) is 0 Å². The SMILES string of the molecule is COC(=O)CC(=O)N1c2c(C(=O)O)cc(F)c(Br)c2OCC1COCc1ccccc1. The molecule has 0 bridgehead atoms. The van der Waals surface area contributed by atoms with Crippen LogP contribution >= 0.6 is 15.9 Å². The molecule has 0 saturated heterocycles. The van der Waals surface area contributed by atoms with E-state index in [-0.39, 0.29) is 35.7 Å². The van der Waals surface area contributed by atoms with Crippen LogP contribution in [0, 0.1) is 5.82 Å². The number of benzene rings is 2. The molecule has 2 aromatic rings. The summed E-state index contributed by atoms with van der Waals surface area (Å²) in [6, 6.07) is 9.37. The standard InChI is InChI=1S/C21H19BrFNO7/c1-29-17(26)8-16(25)24-13(10-30-9-12-5-3-2-4-6-12)11-31-20-18(22)15(23)7-14(19(20)24)21(27)28/h2-7,13H,8-11H2,1H3,(H,27,28). The molecule has 8 nitrogen and oxygen atoms in total. The predicted molar refractivity (Wildman–Crippen MR) is 111 cm³/mol. The summed E-state index contributed by atoms with van der Waals surface area (Å²) in [6.07, 6.45) is -0.626. The highest BCUT2D eigenvalue weighted by atomic mass is 79.9. The van der Waals surface area contributed by atoms with Crippen molar-refractivity contribution >= 4 is 39.5 Å². The molecule has 1 heterocycles. The van der Waals surface area contributed by atoms with Crippen molar-refractivity contribution < 1.29 is 38.1 Å². The number of carboxylic acid groups (broad SMARTS) is 1. The van der Waals surface area contributed by atoms with Crippen LogP contribution in [0.5, 0.6) is 5.75 Å². The summed E-state index contributed by atoms with van der Waals surface area (Å²) in [5, 5.41) is 9.60. The third-order valence-corrected chi connectivity index (χ3v) is 5.36. The maximum Gasteiger partial charge on any atom is 0.338 e. The zero-order chi connectivity index (χ0) is 22.5. The molecule has 1 unspecified atom stereocenters. The quantitative estimate of drug-likeness (QED) is 0.464. The lowest BCUT2D eigenvalue weighted by molar-refractivity contribution is -0.143. The number of anilines is 1. The molecular formula is C21H19BrFNO7. The van der Waals surface area contributed by atoms with Gasteiger partial charge in [-0.2, -0.15) is 0 Å². The van der Waals surface area contributed by atoms with Crippen LogP contribution in [0.1, 0.15) is 22.3 Å². The van der Waals surface area contributed by atoms with Crippen LogP contribution in [0.15, 0.2) is 40.9 Å². The van der Waals surface area contributed by atoms with Gasteiger partial charge in [-0.1, -0.05) is 30.3 Å². The van der Waals surface area contributed by atoms with Crippen molar-refractivity contribution in [3.63, 3.8) is 0 Å². The van der Waals surface area contributed by atoms with E-state index in [9.17, 15) is 23.9 Å². The lowest BCUT2D eigenvalue weighted by Gasteiger charge is -2.38. The highest BCUT2D eigenvalue weighted by Gasteiger charge is 2.38. The van der Waals surface area contributed by atoms with Crippen molar-refractivity contribution in [1.29, 1.82) is 0 Å². The summed E-state index contributed by atoms with van der Waals surface area (Å²) < 4.78 is 30.0. The Morgan fingerprint density at radius 3 is 2.65 bits per heavy atom. The van der Waals surface area contributed by atoms with Crippen molar-refractivity contribution in [3.05, 3.63) is 57.8 Å². The van der Waals surface area contributed by atoms with Gasteiger partial charge < -0.3 is 19.3 Å². The molecule has 1 amide bonds. The number of ether oxygens (including phenoxy) is 3. The van der Waals surface area contributed by atoms with E-state index >= 15 is 0 Å². The van der Waals surface area contributed by atoms with Gasteiger partial charge in [-0.25, -0.2) is 9.18 Å². The van der Waals surface area contributed by atoms with Crippen molar-refractivity contribution in [2.24, 2.45) is 0 Å². The number of hydrogen-bond acceptors (Lipinski definition) is 6. The lowest BCUT2D eigenvalue weighted by Crippen LogP contribution is -2.50. The van der Waals surface area contributed by atoms with Crippen molar-refractivity contribution in [2.45, 2.75) is 19.1 Å². The van der Waals surface area contributed by atoms with Crippen molar-refractivity contribution in [3.8, 4) is 5.75 Å². The van der Waals surface area contributed by atoms with E-state index in [4.69, 9.17) is 9.47 Å². The fourth-order valence-corrected chi connectivity index (χ4v) is 3.60. The fourth-order valence-electron chi connectivity index (χ4n) is 3.18. The van der Waals surface area contributed by atoms with Gasteiger partial charge in [-0.05, 0) is 27.6 Å². The van der Waals surface area contributed by atoms with Gasteiger partial charge in [0.1, 0.15) is 24.5 Å². The number of methoxy groups -OCH3 is 1. The van der Waals surface area contributed by atoms with Crippen LogP contribution in [0.25, 0.3) is 0 Å². The number of fused-ring (bicyclic) bond motifs is 1. The Labute approximate surface area is 185 Å². The summed E-state index contributed by atoms with van der Waals surface area (Å²) in [4.78, 5) is 37.6. The molecule has 31 heavy (non-hydrogen) atoms. The molecule has 0 saturated carbocycles. The van der Waals surface area contributed by atoms with Gasteiger partial charge in [-0.3, -0.25) is 14.5 Å². The Kier molecular flexibility index (Phi) is 7.24. The minimum Gasteiger partial charge on any atom is -0.488 e. The number of carboxylic acids is 1. The Bertz CT molecular complexity index is 999. The maximum atomic E-state index is 14.2. The third-order valence-electron chi connectivity index (χ3n) is 4.62. The van der Waals surface area contributed by atoms with E-state index in [0.29, 0.717) is 0 Å². The van der Waals surface area contributed by atoms with Gasteiger partial charge >= 0.3 is 11.9 Å². The molecule has 0 spiro atoms. The predicted octanol–water partition coefficient (Wildman–Crippen LogP) is 3.16. The molecule has 10 heteroatoms. The Balaban J connectivity index is 1.95. The van der Waals surface area contributed by atoms with Crippen LogP contribution < -0.4 is 9.64 Å². The van der Waals surface area contributed by atoms with Gasteiger partial charge in [0.25, 0.3) is 0 Å². The molecule has 0 radical (unpaired) electrons. The number of rotatable bonds is 7. The summed E-state index contributed by atoms with van der Waals surface area (Å²) >= 11 is 3.04. The average Bonchev–Trinajstić information content (AvgIpc) is 2.76. The van der Waals surface area contributed by atoms with Gasteiger partial charge in [-0.15, -0.1) is 0 Å². The molecule has 0 fully saturated rings. The number of carbonyl (C=O) groups excluding carboxylic acids is 2. The molecule has 0 aromatic heterocycles. The Hall–Kier alpha value is -2.98. The number of nitrogens with zero attached hydrogens (tertiary/aromatic N) is 1. The van der Waals surface area contributed by atoms with Gasteiger partial charge in [0, 0.05) is 0 Å². The molecule has 1 aliphatic heterocycles. The van der Waals surface area contributed by atoms with E-state index in [1.54, 1.807) is 0 Å². The van der Waals surface area contributed by atoms with Crippen molar-refractivity contribution in [2.75, 3.05) is 25.2 Å². The second kappa shape index (κ2) is 9.88. The summed E-state index contributed by atoms with van der Waals surface area (Å²) in [7, 11) is 1.14. The van der Waals surface area contributed by atoms with Crippen LogP contribution in [-0.2, 0) is 25.7 Å². The summed E-state index contributed by atoms with van der Waals surface area (Å²) in [5.41, 5.74) is 0.291. The molecule has 3 rings (SSSR count). The first-order chi connectivity index (χ1) is 14.8. The van der Waals surface area contributed by atoms with E-state index in [1.807, 2.05) is 30.3 Å². The number of carbonyl (C=O) groups is 3. The summed E-state index contributed by atoms with van der Waals surface area (Å²) in [6.45, 7) is 0.160. The smallest absolute Gasteiger partial charge is 0.338 e. The van der Waals surface area contributed by atoms with E-state index in [1.165, 1.54) is 0 Å². The number of amides is 1. The van der Waals surface area contributed by atoms with Crippen LogP contribution in [0.4, 0.5) is 10.1 Å². The molecular weight excluding hydrogens is 477 g/mol. The normalized spacial score (nSPS) is 15.1. The van der Waals surface area contributed by atoms with Gasteiger partial charge in [0.2, 0.25) is 5.91 Å². The fraction of sp³-hybridized carbons (Fsp3) is 0.286. The topological polar surface area (TPSA) is 102 Å². The first kappa shape index (κ1) is 22.7. The first-order valence-electron chi connectivity index (χ1n) is 9.22. The van der Waals surface area contributed by atoms with Crippen LogP contribution in [0.3, 0.4) is 0 Å². The molecule has 1 atom stereocenters. The molecule has 2 aromatic carbocycles. The number of halogens is 2. The number of esters is 1. The average molecular weight is 496 g/mol. The first-order valence-corrected chi connectivity index (χ1v) is 10.0. The number of aromatic carboxylic acids is 1. The highest BCUT2D eigenvalue weighted by molar-refractivity contribution is 9.10. The highest BCUT2D eigenvalue weighted by Crippen LogP contribution is 2.44. The molecule has 164 valence electrons. The second-order valence-corrected chi connectivity index (χ2v) is 7.48. The largest absolute Gasteiger partial charge is 0.488 e. The minimum atomic E-state index is -1.45. The minimum absolute atomic E-state index is 0.00466. The monoisotopic (exact) mass is 495 g/mol. The van der Waals surface area contributed by atoms with Crippen LogP contribution in [-0.4, -0.2) is 49.3 Å². The maximum absolute atomic E-state index is 14.2. The number of hydrogen-bond donors (Lipinski definition) is 1. The van der Waals surface area contributed by atoms with Gasteiger partial charge in [0.15, 0.2) is 5.75 Å². The Morgan fingerprint density at radius 1 is 1.29 bits per heavy atom. The molecule has 1 N–H and O–H groups in total. The third kappa shape index (κ3) is 5.02. The zero-order valence-electron chi connectivity index (χ0n) is 16.5. The van der Waals surface area contributed by atoms with Gasteiger partial charge in [0.05, 0.1) is 36.4 Å². The molecule has 1 aliphatic rings. The zero-order valence-corrected chi connectivity index (χ0v) is 18.1. The second-order valence-electron chi connectivity index (χ2n) is 6.69. The van der Waals surface area contributed by atoms with E-state index in [2.05, 4.69) is 20.7 Å².